The molecule has 2 N–H and O–H groups in total. The Hall–Kier alpha value is -0.0800. The van der Waals surface area contributed by atoms with Crippen molar-refractivity contribution in [2.75, 3.05) is 6.61 Å². The molecule has 9 unspecified atom stereocenters. The fraction of sp³-hybridized carbons (Fsp3) is 1.00. The van der Waals surface area contributed by atoms with Crippen LogP contribution in [0.3, 0.4) is 0 Å². The quantitative estimate of drug-likeness (QED) is 0.548. The second-order valence-electron chi connectivity index (χ2n) is 13.3. The Morgan fingerprint density at radius 2 is 1.45 bits per heavy atom. The van der Waals surface area contributed by atoms with Crippen LogP contribution in [0.25, 0.3) is 0 Å². The van der Waals surface area contributed by atoms with Gasteiger partial charge in [0.1, 0.15) is 0 Å². The van der Waals surface area contributed by atoms with Crippen LogP contribution in [0.1, 0.15) is 105 Å². The smallest absolute Gasteiger partial charge is 0.0594 e. The largest absolute Gasteiger partial charge is 0.396 e. The molecule has 0 amide bonds. The van der Waals surface area contributed by atoms with E-state index in [1.54, 1.807) is 0 Å². The fourth-order valence-corrected chi connectivity index (χ4v) is 10.8. The maximum Gasteiger partial charge on any atom is 0.0594 e. The molecule has 0 spiro atoms. The molecule has 0 aliphatic heterocycles. The van der Waals surface area contributed by atoms with Gasteiger partial charge >= 0.3 is 0 Å². The highest BCUT2D eigenvalue weighted by molar-refractivity contribution is 5.14. The monoisotopic (exact) mass is 402 g/mol. The van der Waals surface area contributed by atoms with Gasteiger partial charge in [0.15, 0.2) is 0 Å². The highest BCUT2D eigenvalue weighted by atomic mass is 16.3. The normalized spacial score (nSPS) is 56.5. The van der Waals surface area contributed by atoms with Crippen molar-refractivity contribution in [3.05, 3.63) is 0 Å². The van der Waals surface area contributed by atoms with E-state index in [1.807, 2.05) is 0 Å². The molecule has 5 fully saturated rings. The van der Waals surface area contributed by atoms with Gasteiger partial charge < -0.3 is 10.2 Å². The highest BCUT2D eigenvalue weighted by Gasteiger charge is 2.65. The van der Waals surface area contributed by atoms with E-state index in [9.17, 15) is 10.2 Å². The molecule has 166 valence electrons. The topological polar surface area (TPSA) is 40.5 Å². The van der Waals surface area contributed by atoms with Crippen LogP contribution in [-0.4, -0.2) is 22.9 Å². The highest BCUT2D eigenvalue weighted by Crippen LogP contribution is 2.72. The molecule has 5 saturated carbocycles. The van der Waals surface area contributed by atoms with Gasteiger partial charge in [-0.3, -0.25) is 0 Å². The summed E-state index contributed by atoms with van der Waals surface area (Å²) in [5.74, 6) is 4.01. The standard InChI is InChI=1S/C27H46O2/c1-24(2)21-11-14-25(3)19-10-16-27(17-28)13-6-5-7-20(27)18(19)8-9-22(25)26(21,4)15-12-23(24)29/h18-23,28-29H,5-17H2,1-4H3. The van der Waals surface area contributed by atoms with Gasteiger partial charge in [0.25, 0.3) is 0 Å². The number of hydrogen-bond acceptors (Lipinski definition) is 2. The Bertz CT molecular complexity index is 642. The third kappa shape index (κ3) is 2.66. The first-order valence-electron chi connectivity index (χ1n) is 13.0. The maximum atomic E-state index is 10.8. The van der Waals surface area contributed by atoms with E-state index in [4.69, 9.17) is 0 Å². The lowest BCUT2D eigenvalue weighted by atomic mass is 9.35. The van der Waals surface area contributed by atoms with E-state index in [2.05, 4.69) is 27.7 Å². The van der Waals surface area contributed by atoms with E-state index < -0.39 is 0 Å². The van der Waals surface area contributed by atoms with Crippen molar-refractivity contribution in [2.24, 2.45) is 51.2 Å². The molecule has 5 aliphatic carbocycles. The van der Waals surface area contributed by atoms with Crippen LogP contribution >= 0.6 is 0 Å². The summed E-state index contributed by atoms with van der Waals surface area (Å²) in [4.78, 5) is 0. The number of aliphatic hydroxyl groups is 2. The molecule has 0 aromatic carbocycles. The second kappa shape index (κ2) is 6.71. The second-order valence-corrected chi connectivity index (χ2v) is 13.3. The summed E-state index contributed by atoms with van der Waals surface area (Å²) in [5, 5.41) is 21.2. The van der Waals surface area contributed by atoms with E-state index in [0.717, 1.165) is 30.1 Å². The Balaban J connectivity index is 1.47. The van der Waals surface area contributed by atoms with Crippen LogP contribution in [-0.2, 0) is 0 Å². The lowest BCUT2D eigenvalue weighted by Gasteiger charge is -2.69. The number of aliphatic hydroxyl groups excluding tert-OH is 2. The van der Waals surface area contributed by atoms with Crippen molar-refractivity contribution in [3.8, 4) is 0 Å². The van der Waals surface area contributed by atoms with Crippen molar-refractivity contribution in [1.29, 1.82) is 0 Å². The minimum absolute atomic E-state index is 0.0627. The third-order valence-electron chi connectivity index (χ3n) is 12.2. The predicted molar refractivity (Wildman–Crippen MR) is 118 cm³/mol. The van der Waals surface area contributed by atoms with Crippen LogP contribution < -0.4 is 0 Å². The number of fused-ring (bicyclic) bond motifs is 7. The fourth-order valence-electron chi connectivity index (χ4n) is 10.8. The predicted octanol–water partition coefficient (Wildman–Crippen LogP) is 6.20. The van der Waals surface area contributed by atoms with Gasteiger partial charge in [0.2, 0.25) is 0 Å². The summed E-state index contributed by atoms with van der Waals surface area (Å²) >= 11 is 0. The molecule has 0 saturated heterocycles. The molecular formula is C27H46O2. The van der Waals surface area contributed by atoms with Gasteiger partial charge in [0, 0.05) is 6.61 Å². The summed E-state index contributed by atoms with van der Waals surface area (Å²) in [6.45, 7) is 10.4. The van der Waals surface area contributed by atoms with Gasteiger partial charge in [-0.1, -0.05) is 40.5 Å². The Labute approximate surface area is 179 Å². The minimum atomic E-state index is -0.122. The van der Waals surface area contributed by atoms with Crippen LogP contribution in [0, 0.1) is 51.2 Å². The summed E-state index contributed by atoms with van der Waals surface area (Å²) in [7, 11) is 0. The average Bonchev–Trinajstić information content (AvgIpc) is 2.70. The van der Waals surface area contributed by atoms with E-state index in [1.165, 1.54) is 70.6 Å². The lowest BCUT2D eigenvalue weighted by Crippen LogP contribution is -2.63. The Morgan fingerprint density at radius 1 is 0.690 bits per heavy atom. The third-order valence-corrected chi connectivity index (χ3v) is 12.2. The van der Waals surface area contributed by atoms with Crippen molar-refractivity contribution < 1.29 is 10.2 Å². The van der Waals surface area contributed by atoms with Crippen LogP contribution in [0.4, 0.5) is 0 Å². The Morgan fingerprint density at radius 3 is 2.21 bits per heavy atom. The molecular weight excluding hydrogens is 356 g/mol. The van der Waals surface area contributed by atoms with Gasteiger partial charge in [-0.05, 0) is 115 Å². The van der Waals surface area contributed by atoms with Gasteiger partial charge in [-0.2, -0.15) is 0 Å². The number of rotatable bonds is 1. The van der Waals surface area contributed by atoms with Gasteiger partial charge in [0.05, 0.1) is 6.10 Å². The van der Waals surface area contributed by atoms with Crippen molar-refractivity contribution in [3.63, 3.8) is 0 Å². The molecule has 0 heterocycles. The molecule has 9 atom stereocenters. The first-order chi connectivity index (χ1) is 13.7. The molecule has 2 nitrogen and oxygen atoms in total. The van der Waals surface area contributed by atoms with E-state index >= 15 is 0 Å². The maximum absolute atomic E-state index is 10.8. The molecule has 0 radical (unpaired) electrons. The Kier molecular flexibility index (Phi) is 4.81. The van der Waals surface area contributed by atoms with Crippen molar-refractivity contribution in [2.45, 2.75) is 111 Å². The molecule has 5 rings (SSSR count). The van der Waals surface area contributed by atoms with Gasteiger partial charge in [-0.25, -0.2) is 0 Å². The summed E-state index contributed by atoms with van der Waals surface area (Å²) in [5.41, 5.74) is 1.21. The minimum Gasteiger partial charge on any atom is -0.396 e. The first-order valence-corrected chi connectivity index (χ1v) is 13.0. The number of hydrogen-bond donors (Lipinski definition) is 2. The van der Waals surface area contributed by atoms with Crippen LogP contribution in [0.2, 0.25) is 0 Å². The summed E-state index contributed by atoms with van der Waals surface area (Å²) in [6.07, 6.45) is 15.6. The summed E-state index contributed by atoms with van der Waals surface area (Å²) < 4.78 is 0. The van der Waals surface area contributed by atoms with Crippen LogP contribution in [0.15, 0.2) is 0 Å². The molecule has 0 aromatic heterocycles. The van der Waals surface area contributed by atoms with Crippen LogP contribution in [0.5, 0.6) is 0 Å². The van der Waals surface area contributed by atoms with Crippen molar-refractivity contribution in [1.82, 2.24) is 0 Å². The van der Waals surface area contributed by atoms with Crippen molar-refractivity contribution >= 4 is 0 Å². The van der Waals surface area contributed by atoms with E-state index in [0.29, 0.717) is 23.4 Å². The SMILES string of the molecule is CC1(C)C(O)CCC2(C)C1CCC1(C)C3CCC4(CO)CCCCC4C3CCC12. The molecule has 2 heteroatoms. The molecule has 5 aliphatic rings. The van der Waals surface area contributed by atoms with E-state index in [-0.39, 0.29) is 16.9 Å². The van der Waals surface area contributed by atoms with Gasteiger partial charge in [-0.15, -0.1) is 0 Å². The first kappa shape index (κ1) is 20.8. The summed E-state index contributed by atoms with van der Waals surface area (Å²) in [6, 6.07) is 0. The lowest BCUT2D eigenvalue weighted by molar-refractivity contribution is -0.221. The zero-order chi connectivity index (χ0) is 20.7. The zero-order valence-corrected chi connectivity index (χ0v) is 19.6. The average molecular weight is 403 g/mol. The molecule has 0 aromatic rings. The molecule has 0 bridgehead atoms. The molecule has 29 heavy (non-hydrogen) atoms. The zero-order valence-electron chi connectivity index (χ0n) is 19.6.